The third kappa shape index (κ3) is 1.95. The first-order valence-electron chi connectivity index (χ1n) is 4.41. The second-order valence-electron chi connectivity index (χ2n) is 3.08. The Hall–Kier alpha value is -1.02. The van der Waals surface area contributed by atoms with E-state index in [9.17, 15) is 0 Å². The third-order valence-electron chi connectivity index (χ3n) is 2.07. The van der Waals surface area contributed by atoms with Crippen LogP contribution in [0.4, 0.5) is 11.5 Å². The maximum Gasteiger partial charge on any atom is 0.187 e. The summed E-state index contributed by atoms with van der Waals surface area (Å²) in [4.78, 5) is 0. The highest BCUT2D eigenvalue weighted by atomic mass is 35.5. The lowest BCUT2D eigenvalue weighted by Gasteiger charge is -2.05. The molecule has 0 amide bonds. The zero-order valence-electron chi connectivity index (χ0n) is 8.02. The molecule has 0 saturated heterocycles. The van der Waals surface area contributed by atoms with Gasteiger partial charge in [-0.3, -0.25) is 0 Å². The monoisotopic (exact) mass is 303 g/mol. The van der Waals surface area contributed by atoms with E-state index in [0.29, 0.717) is 27.2 Å². The summed E-state index contributed by atoms with van der Waals surface area (Å²) in [6, 6.07) is 3.56. The number of fused-ring (bicyclic) bond motifs is 1. The number of nitrogens with zero attached hydrogens (tertiary/aromatic N) is 4. The number of benzene rings is 1. The molecule has 86 valence electrons. The van der Waals surface area contributed by atoms with Crippen molar-refractivity contribution in [1.82, 2.24) is 17.5 Å². The summed E-state index contributed by atoms with van der Waals surface area (Å²) in [7, 11) is 0. The Kier molecular flexibility index (Phi) is 2.83. The lowest BCUT2D eigenvalue weighted by atomic mass is 10.2. The Morgan fingerprint density at radius 2 is 1.82 bits per heavy atom. The molecule has 9 heteroatoms. The standard InChI is InChI=1S/C8H3Cl2N5S2/c9-3-1-2-4-6(13-16-12-4)5(3)11-8-7(10)14-17-15-8/h1-2H,(H,11,15). The van der Waals surface area contributed by atoms with Gasteiger partial charge in [0, 0.05) is 0 Å². The van der Waals surface area contributed by atoms with Crippen molar-refractivity contribution < 1.29 is 0 Å². The highest BCUT2D eigenvalue weighted by Gasteiger charge is 2.13. The summed E-state index contributed by atoms with van der Waals surface area (Å²) in [6.07, 6.45) is 0. The summed E-state index contributed by atoms with van der Waals surface area (Å²) in [5.41, 5.74) is 2.13. The first-order valence-corrected chi connectivity index (χ1v) is 6.63. The number of hydrogen-bond acceptors (Lipinski definition) is 7. The third-order valence-corrected chi connectivity index (χ3v) is 3.82. The molecule has 0 aliphatic heterocycles. The van der Waals surface area contributed by atoms with E-state index in [0.717, 1.165) is 29.0 Å². The summed E-state index contributed by atoms with van der Waals surface area (Å²) >= 11 is 14.1. The number of rotatable bonds is 2. The van der Waals surface area contributed by atoms with Gasteiger partial charge in [-0.1, -0.05) is 23.2 Å². The van der Waals surface area contributed by atoms with Gasteiger partial charge in [0.15, 0.2) is 11.0 Å². The first kappa shape index (κ1) is 11.1. The highest BCUT2D eigenvalue weighted by Crippen LogP contribution is 2.33. The molecular formula is C8H3Cl2N5S2. The Morgan fingerprint density at radius 1 is 1.00 bits per heavy atom. The van der Waals surface area contributed by atoms with E-state index in [1.54, 1.807) is 6.07 Å². The topological polar surface area (TPSA) is 63.6 Å². The molecule has 3 rings (SSSR count). The molecule has 1 aromatic carbocycles. The number of aromatic nitrogens is 4. The van der Waals surface area contributed by atoms with Crippen LogP contribution in [0.5, 0.6) is 0 Å². The van der Waals surface area contributed by atoms with Crippen molar-refractivity contribution in [3.8, 4) is 0 Å². The molecule has 2 heterocycles. The van der Waals surface area contributed by atoms with E-state index >= 15 is 0 Å². The minimum Gasteiger partial charge on any atom is -0.334 e. The SMILES string of the molecule is Clc1ccc2nsnc2c1Nc1nsnc1Cl. The van der Waals surface area contributed by atoms with Gasteiger partial charge in [-0.05, 0) is 12.1 Å². The molecule has 3 aromatic rings. The van der Waals surface area contributed by atoms with E-state index in [4.69, 9.17) is 23.2 Å². The predicted molar refractivity (Wildman–Crippen MR) is 70.6 cm³/mol. The van der Waals surface area contributed by atoms with Gasteiger partial charge in [-0.2, -0.15) is 17.5 Å². The molecule has 0 radical (unpaired) electrons. The summed E-state index contributed by atoms with van der Waals surface area (Å²) in [5, 5.41) is 3.87. The van der Waals surface area contributed by atoms with Crippen LogP contribution in [-0.2, 0) is 0 Å². The Labute approximate surface area is 114 Å². The molecule has 0 spiro atoms. The van der Waals surface area contributed by atoms with Crippen molar-refractivity contribution in [2.45, 2.75) is 0 Å². The molecule has 0 fully saturated rings. The fraction of sp³-hybridized carbons (Fsp3) is 0. The van der Waals surface area contributed by atoms with Gasteiger partial charge in [-0.25, -0.2) is 0 Å². The fourth-order valence-corrected chi connectivity index (χ4v) is 2.70. The number of halogens is 2. The minimum absolute atomic E-state index is 0.311. The maximum atomic E-state index is 6.12. The van der Waals surface area contributed by atoms with E-state index in [1.807, 2.05) is 6.07 Å². The van der Waals surface area contributed by atoms with Gasteiger partial charge < -0.3 is 5.32 Å². The summed E-state index contributed by atoms with van der Waals surface area (Å²) in [5.74, 6) is 0.471. The van der Waals surface area contributed by atoms with E-state index in [1.165, 1.54) is 0 Å². The zero-order chi connectivity index (χ0) is 11.8. The minimum atomic E-state index is 0.311. The molecule has 5 nitrogen and oxygen atoms in total. The average Bonchev–Trinajstić information content (AvgIpc) is 2.92. The van der Waals surface area contributed by atoms with Crippen LogP contribution in [0.2, 0.25) is 10.2 Å². The first-order chi connectivity index (χ1) is 8.25. The van der Waals surface area contributed by atoms with Crippen LogP contribution in [-0.4, -0.2) is 17.5 Å². The van der Waals surface area contributed by atoms with Gasteiger partial charge in [-0.15, -0.1) is 0 Å². The van der Waals surface area contributed by atoms with Gasteiger partial charge in [0.05, 0.1) is 34.2 Å². The van der Waals surface area contributed by atoms with Crippen LogP contribution in [0.15, 0.2) is 12.1 Å². The van der Waals surface area contributed by atoms with Crippen LogP contribution in [0.3, 0.4) is 0 Å². The van der Waals surface area contributed by atoms with E-state index in [2.05, 4.69) is 22.8 Å². The zero-order valence-corrected chi connectivity index (χ0v) is 11.2. The largest absolute Gasteiger partial charge is 0.334 e. The molecule has 17 heavy (non-hydrogen) atoms. The van der Waals surface area contributed by atoms with Crippen molar-refractivity contribution >= 4 is 69.2 Å². The Morgan fingerprint density at radius 3 is 2.59 bits per heavy atom. The molecule has 0 unspecified atom stereocenters. The molecule has 1 N–H and O–H groups in total. The number of nitrogens with one attached hydrogen (secondary N) is 1. The highest BCUT2D eigenvalue weighted by molar-refractivity contribution is 7.00. The van der Waals surface area contributed by atoms with Gasteiger partial charge in [0.1, 0.15) is 11.0 Å². The van der Waals surface area contributed by atoms with Crippen LogP contribution in [0.1, 0.15) is 0 Å². The molecule has 0 aliphatic carbocycles. The lowest BCUT2D eigenvalue weighted by molar-refractivity contribution is 1.45. The quantitative estimate of drug-likeness (QED) is 0.784. The smallest absolute Gasteiger partial charge is 0.187 e. The average molecular weight is 304 g/mol. The van der Waals surface area contributed by atoms with Crippen LogP contribution >= 0.6 is 46.7 Å². The van der Waals surface area contributed by atoms with Crippen molar-refractivity contribution in [2.24, 2.45) is 0 Å². The van der Waals surface area contributed by atoms with E-state index < -0.39 is 0 Å². The molecule has 0 atom stereocenters. The maximum absolute atomic E-state index is 6.12. The van der Waals surface area contributed by atoms with Gasteiger partial charge >= 0.3 is 0 Å². The van der Waals surface area contributed by atoms with Crippen molar-refractivity contribution in [3.05, 3.63) is 22.3 Å². The molecule has 0 bridgehead atoms. The van der Waals surface area contributed by atoms with Crippen molar-refractivity contribution in [3.63, 3.8) is 0 Å². The molecule has 2 aromatic heterocycles. The molecular weight excluding hydrogens is 301 g/mol. The van der Waals surface area contributed by atoms with Crippen LogP contribution in [0, 0.1) is 0 Å². The fourth-order valence-electron chi connectivity index (χ4n) is 1.32. The van der Waals surface area contributed by atoms with Crippen molar-refractivity contribution in [2.75, 3.05) is 5.32 Å². The number of hydrogen-bond donors (Lipinski definition) is 1. The van der Waals surface area contributed by atoms with Crippen LogP contribution < -0.4 is 5.32 Å². The van der Waals surface area contributed by atoms with Crippen LogP contribution in [0.25, 0.3) is 11.0 Å². The summed E-state index contributed by atoms with van der Waals surface area (Å²) in [6.45, 7) is 0. The molecule has 0 saturated carbocycles. The second kappa shape index (κ2) is 4.34. The predicted octanol–water partition coefficient (Wildman–Crippen LogP) is 3.59. The van der Waals surface area contributed by atoms with Gasteiger partial charge in [0.2, 0.25) is 0 Å². The summed E-state index contributed by atoms with van der Waals surface area (Å²) < 4.78 is 16.2. The normalized spacial score (nSPS) is 10.9. The lowest BCUT2D eigenvalue weighted by Crippen LogP contribution is -1.93. The van der Waals surface area contributed by atoms with Gasteiger partial charge in [0.25, 0.3) is 0 Å². The molecule has 0 aliphatic rings. The number of anilines is 2. The van der Waals surface area contributed by atoms with Crippen molar-refractivity contribution in [1.29, 1.82) is 0 Å². The van der Waals surface area contributed by atoms with E-state index in [-0.39, 0.29) is 0 Å². The second-order valence-corrected chi connectivity index (χ2v) is 4.91. The Bertz CT molecular complexity index is 679. The Balaban J connectivity index is 2.13.